The highest BCUT2D eigenvalue weighted by Crippen LogP contribution is 2.31. The van der Waals surface area contributed by atoms with Crippen LogP contribution in [0.4, 0.5) is 5.82 Å². The lowest BCUT2D eigenvalue weighted by atomic mass is 10.2. The normalized spacial score (nSPS) is 13.3. The van der Waals surface area contributed by atoms with Crippen molar-refractivity contribution in [1.29, 1.82) is 0 Å². The molecule has 0 spiro atoms. The van der Waals surface area contributed by atoms with Crippen molar-refractivity contribution in [2.75, 3.05) is 25.2 Å². The van der Waals surface area contributed by atoms with E-state index in [0.717, 1.165) is 22.9 Å². The third-order valence-electron chi connectivity index (χ3n) is 3.51. The summed E-state index contributed by atoms with van der Waals surface area (Å²) in [6.07, 6.45) is 3.36. The van der Waals surface area contributed by atoms with Crippen molar-refractivity contribution in [2.24, 2.45) is 0 Å². The first-order valence-corrected chi connectivity index (χ1v) is 6.93. The predicted molar refractivity (Wildman–Crippen MR) is 78.1 cm³/mol. The van der Waals surface area contributed by atoms with E-state index in [0.29, 0.717) is 25.4 Å². The molecule has 0 aliphatic carbocycles. The second-order valence-corrected chi connectivity index (χ2v) is 5.05. The number of nitrogens with zero attached hydrogens (tertiary/aromatic N) is 6. The topological polar surface area (TPSA) is 77.7 Å². The van der Waals surface area contributed by atoms with Crippen molar-refractivity contribution in [2.45, 2.75) is 6.54 Å². The van der Waals surface area contributed by atoms with E-state index in [-0.39, 0.29) is 0 Å². The molecule has 0 unspecified atom stereocenters. The van der Waals surface area contributed by atoms with Crippen LogP contribution in [-0.2, 0) is 6.54 Å². The summed E-state index contributed by atoms with van der Waals surface area (Å²) in [4.78, 5) is 6.20. The Balaban J connectivity index is 1.61. The van der Waals surface area contributed by atoms with Crippen LogP contribution < -0.4 is 14.4 Å². The molecular weight excluding hydrogens is 284 g/mol. The van der Waals surface area contributed by atoms with Crippen molar-refractivity contribution in [3.63, 3.8) is 0 Å². The van der Waals surface area contributed by atoms with Crippen LogP contribution in [0.3, 0.4) is 0 Å². The predicted octanol–water partition coefficient (Wildman–Crippen LogP) is 0.927. The fourth-order valence-electron chi connectivity index (χ4n) is 2.46. The van der Waals surface area contributed by atoms with Gasteiger partial charge in [0, 0.05) is 13.6 Å². The molecule has 4 rings (SSSR count). The number of hydrogen-bond acceptors (Lipinski definition) is 7. The number of benzene rings is 1. The highest BCUT2D eigenvalue weighted by molar-refractivity contribution is 5.48. The lowest BCUT2D eigenvalue weighted by Gasteiger charge is -2.22. The molecule has 0 fully saturated rings. The van der Waals surface area contributed by atoms with Crippen molar-refractivity contribution in [3.05, 3.63) is 36.2 Å². The van der Waals surface area contributed by atoms with Crippen molar-refractivity contribution >= 4 is 11.5 Å². The number of hydrogen-bond donors (Lipinski definition) is 0. The maximum Gasteiger partial charge on any atom is 0.199 e. The van der Waals surface area contributed by atoms with Crippen LogP contribution in [-0.4, -0.2) is 45.3 Å². The third kappa shape index (κ3) is 2.18. The summed E-state index contributed by atoms with van der Waals surface area (Å²) in [6, 6.07) is 5.96. The lowest BCUT2D eigenvalue weighted by molar-refractivity contribution is 0.171. The molecule has 0 amide bonds. The number of fused-ring (bicyclic) bond motifs is 2. The Morgan fingerprint density at radius 1 is 1.18 bits per heavy atom. The highest BCUT2D eigenvalue weighted by Gasteiger charge is 2.14. The van der Waals surface area contributed by atoms with Crippen LogP contribution in [0.15, 0.2) is 30.6 Å². The molecule has 2 aromatic heterocycles. The molecule has 112 valence electrons. The van der Waals surface area contributed by atoms with Gasteiger partial charge in [-0.05, 0) is 28.1 Å². The van der Waals surface area contributed by atoms with E-state index < -0.39 is 0 Å². The Morgan fingerprint density at radius 2 is 2.05 bits per heavy atom. The number of anilines is 1. The first kappa shape index (κ1) is 12.8. The summed E-state index contributed by atoms with van der Waals surface area (Å²) in [5.41, 5.74) is 1.73. The van der Waals surface area contributed by atoms with E-state index in [1.54, 1.807) is 16.9 Å². The molecule has 1 aliphatic heterocycles. The fourth-order valence-corrected chi connectivity index (χ4v) is 2.46. The van der Waals surface area contributed by atoms with Crippen molar-refractivity contribution < 1.29 is 9.47 Å². The second kappa shape index (κ2) is 5.14. The standard InChI is InChI=1S/C14H14N6O2/c1-19(14-8-15-7-13-16-17-18-20(13)14)9-10-2-3-11-12(6-10)22-5-4-21-11/h2-3,6-8H,4-5,9H2,1H3. The van der Waals surface area contributed by atoms with E-state index in [4.69, 9.17) is 9.47 Å². The summed E-state index contributed by atoms with van der Waals surface area (Å²) < 4.78 is 12.8. The van der Waals surface area contributed by atoms with Gasteiger partial charge in [0.1, 0.15) is 13.2 Å². The molecule has 0 saturated heterocycles. The van der Waals surface area contributed by atoms with Crippen molar-refractivity contribution in [3.8, 4) is 11.5 Å². The average molecular weight is 298 g/mol. The highest BCUT2D eigenvalue weighted by atomic mass is 16.6. The summed E-state index contributed by atoms with van der Waals surface area (Å²) >= 11 is 0. The minimum Gasteiger partial charge on any atom is -0.486 e. The van der Waals surface area contributed by atoms with Gasteiger partial charge in [-0.3, -0.25) is 4.98 Å². The average Bonchev–Trinajstić information content (AvgIpc) is 3.03. The second-order valence-electron chi connectivity index (χ2n) is 5.05. The zero-order valence-corrected chi connectivity index (χ0v) is 12.0. The van der Waals surface area contributed by atoms with E-state index >= 15 is 0 Å². The fraction of sp³-hybridized carbons (Fsp3) is 0.286. The molecule has 8 heteroatoms. The number of aromatic nitrogens is 5. The van der Waals surface area contributed by atoms with Gasteiger partial charge in [0.05, 0.1) is 12.4 Å². The smallest absolute Gasteiger partial charge is 0.199 e. The van der Waals surface area contributed by atoms with Crippen LogP contribution in [0.5, 0.6) is 11.5 Å². The summed E-state index contributed by atoms with van der Waals surface area (Å²) in [6.45, 7) is 1.86. The molecular formula is C14H14N6O2. The van der Waals surface area contributed by atoms with Gasteiger partial charge in [-0.15, -0.1) is 5.10 Å². The minimum absolute atomic E-state index is 0.583. The molecule has 3 aromatic rings. The summed E-state index contributed by atoms with van der Waals surface area (Å²) in [7, 11) is 1.97. The lowest BCUT2D eigenvalue weighted by Crippen LogP contribution is -2.20. The molecule has 3 heterocycles. The van der Waals surface area contributed by atoms with Gasteiger partial charge >= 0.3 is 0 Å². The molecule has 0 saturated carbocycles. The van der Waals surface area contributed by atoms with E-state index in [9.17, 15) is 0 Å². The van der Waals surface area contributed by atoms with Crippen LogP contribution in [0, 0.1) is 0 Å². The number of ether oxygens (including phenoxy) is 2. The SMILES string of the molecule is CN(Cc1ccc2c(c1)OCCO2)c1cncc2nnnn12. The zero-order valence-electron chi connectivity index (χ0n) is 12.0. The Kier molecular flexibility index (Phi) is 2.99. The van der Waals surface area contributed by atoms with Gasteiger partial charge in [0.25, 0.3) is 0 Å². The molecule has 0 N–H and O–H groups in total. The molecule has 22 heavy (non-hydrogen) atoms. The van der Waals surface area contributed by atoms with Crippen LogP contribution in [0.1, 0.15) is 5.56 Å². The molecule has 1 aliphatic rings. The quantitative estimate of drug-likeness (QED) is 0.711. The van der Waals surface area contributed by atoms with Gasteiger partial charge in [-0.1, -0.05) is 6.07 Å². The molecule has 8 nitrogen and oxygen atoms in total. The summed E-state index contributed by atoms with van der Waals surface area (Å²) in [5.74, 6) is 2.40. The molecule has 1 aromatic carbocycles. The van der Waals surface area contributed by atoms with E-state index in [1.165, 1.54) is 0 Å². The van der Waals surface area contributed by atoms with Crippen LogP contribution in [0.25, 0.3) is 5.65 Å². The number of rotatable bonds is 3. The molecule has 0 atom stereocenters. The van der Waals surface area contributed by atoms with Crippen LogP contribution in [0.2, 0.25) is 0 Å². The van der Waals surface area contributed by atoms with Gasteiger partial charge in [-0.2, -0.15) is 4.52 Å². The largest absolute Gasteiger partial charge is 0.486 e. The van der Waals surface area contributed by atoms with Crippen molar-refractivity contribution in [1.82, 2.24) is 25.0 Å². The van der Waals surface area contributed by atoms with Gasteiger partial charge in [-0.25, -0.2) is 0 Å². The Bertz CT molecular complexity index is 818. The molecule has 0 radical (unpaired) electrons. The maximum absolute atomic E-state index is 5.62. The van der Waals surface area contributed by atoms with Gasteiger partial charge in [0.15, 0.2) is 23.0 Å². The monoisotopic (exact) mass is 298 g/mol. The zero-order chi connectivity index (χ0) is 14.9. The first-order valence-electron chi connectivity index (χ1n) is 6.93. The van der Waals surface area contributed by atoms with Gasteiger partial charge in [0.2, 0.25) is 0 Å². The van der Waals surface area contributed by atoms with Gasteiger partial charge < -0.3 is 14.4 Å². The number of tetrazole rings is 1. The van der Waals surface area contributed by atoms with Crippen LogP contribution >= 0.6 is 0 Å². The first-order chi connectivity index (χ1) is 10.8. The van der Waals surface area contributed by atoms with E-state index in [1.807, 2.05) is 30.1 Å². The summed E-state index contributed by atoms with van der Waals surface area (Å²) in [5, 5.41) is 11.6. The minimum atomic E-state index is 0.583. The third-order valence-corrected chi connectivity index (χ3v) is 3.51. The molecule has 0 bridgehead atoms. The maximum atomic E-state index is 5.62. The Hall–Kier alpha value is -2.90. The Morgan fingerprint density at radius 3 is 2.95 bits per heavy atom. The Labute approximate surface area is 126 Å². The van der Waals surface area contributed by atoms with E-state index in [2.05, 4.69) is 20.5 Å².